The van der Waals surface area contributed by atoms with E-state index in [0.29, 0.717) is 10.8 Å². The van der Waals surface area contributed by atoms with Crippen LogP contribution in [-0.4, -0.2) is 30.1 Å². The van der Waals surface area contributed by atoms with Gasteiger partial charge >= 0.3 is 0 Å². The van der Waals surface area contributed by atoms with Gasteiger partial charge in [-0.3, -0.25) is 0 Å². The zero-order valence-electron chi connectivity index (χ0n) is 11.4. The molecule has 2 nitrogen and oxygen atoms in total. The zero-order chi connectivity index (χ0) is 13.0. The maximum absolute atomic E-state index is 6.10. The molecule has 0 heterocycles. The second-order valence-electron chi connectivity index (χ2n) is 5.00. The lowest BCUT2D eigenvalue weighted by Crippen LogP contribution is -2.58. The molecule has 1 aromatic carbocycles. The minimum Gasteiger partial charge on any atom is -0.366 e. The number of likely N-dealkylation sites (N-methyl/N-ethyl adjacent to an activating group) is 1. The monoisotopic (exact) mass is 264 g/mol. The van der Waals surface area contributed by atoms with Crippen LogP contribution in [0.1, 0.15) is 26.2 Å². The van der Waals surface area contributed by atoms with Crippen LogP contribution in [-0.2, 0) is 0 Å². The van der Waals surface area contributed by atoms with Crippen molar-refractivity contribution >= 4 is 17.4 Å². The van der Waals surface area contributed by atoms with Gasteiger partial charge in [-0.1, -0.05) is 24.6 Å². The van der Waals surface area contributed by atoms with Gasteiger partial charge in [0.15, 0.2) is 0 Å². The lowest BCUT2D eigenvalue weighted by Gasteiger charge is -2.51. The molecule has 0 amide bonds. The smallest absolute Gasteiger partial charge is 0.0558 e. The van der Waals surface area contributed by atoms with Crippen LogP contribution in [0.5, 0.6) is 0 Å². The minimum atomic E-state index is 0.376. The van der Waals surface area contributed by atoms with Gasteiger partial charge < -0.3 is 10.6 Å². The van der Waals surface area contributed by atoms with Crippen LogP contribution >= 0.6 is 11.8 Å². The van der Waals surface area contributed by atoms with Crippen LogP contribution in [0.2, 0.25) is 0 Å². The predicted octanol–water partition coefficient (Wildman–Crippen LogP) is 3.13. The second kappa shape index (κ2) is 5.98. The van der Waals surface area contributed by atoms with Gasteiger partial charge in [-0.05, 0) is 38.2 Å². The Morgan fingerprint density at radius 1 is 1.33 bits per heavy atom. The first-order chi connectivity index (χ1) is 8.77. The van der Waals surface area contributed by atoms with Gasteiger partial charge in [-0.2, -0.15) is 11.8 Å². The lowest BCUT2D eigenvalue weighted by molar-refractivity contribution is 0.299. The highest BCUT2D eigenvalue weighted by atomic mass is 32.2. The molecule has 0 spiro atoms. The largest absolute Gasteiger partial charge is 0.366 e. The van der Waals surface area contributed by atoms with Gasteiger partial charge in [0.2, 0.25) is 0 Å². The minimum absolute atomic E-state index is 0.376. The Morgan fingerprint density at radius 2 is 2.00 bits per heavy atom. The molecule has 0 bridgehead atoms. The maximum Gasteiger partial charge on any atom is 0.0558 e. The Labute approximate surface area is 115 Å². The van der Waals surface area contributed by atoms with E-state index >= 15 is 0 Å². The summed E-state index contributed by atoms with van der Waals surface area (Å²) in [5.41, 5.74) is 7.40. The molecule has 1 aromatic rings. The number of thioether (sulfide) groups is 1. The van der Waals surface area contributed by atoms with E-state index in [1.54, 1.807) is 0 Å². The molecule has 0 saturated heterocycles. The molecule has 18 heavy (non-hydrogen) atoms. The van der Waals surface area contributed by atoms with Gasteiger partial charge in [0, 0.05) is 23.5 Å². The topological polar surface area (TPSA) is 29.3 Å². The number of nitrogens with zero attached hydrogens (tertiary/aromatic N) is 1. The van der Waals surface area contributed by atoms with E-state index in [2.05, 4.69) is 48.4 Å². The predicted molar refractivity (Wildman–Crippen MR) is 82.4 cm³/mol. The van der Waals surface area contributed by atoms with Crippen LogP contribution < -0.4 is 10.6 Å². The maximum atomic E-state index is 6.10. The first-order valence-corrected chi connectivity index (χ1v) is 8.07. The molecule has 2 rings (SSSR count). The summed E-state index contributed by atoms with van der Waals surface area (Å²) in [6.07, 6.45) is 6.20. The molecule has 2 N–H and O–H groups in total. The number of nitrogens with two attached hydrogens (primary N) is 1. The van der Waals surface area contributed by atoms with Gasteiger partial charge in [0.1, 0.15) is 0 Å². The quantitative estimate of drug-likeness (QED) is 0.856. The summed E-state index contributed by atoms with van der Waals surface area (Å²) in [5, 5.41) is 0. The lowest BCUT2D eigenvalue weighted by atomic mass is 9.77. The van der Waals surface area contributed by atoms with Crippen molar-refractivity contribution in [3.8, 4) is 0 Å². The van der Waals surface area contributed by atoms with Crippen LogP contribution in [0.3, 0.4) is 0 Å². The van der Waals surface area contributed by atoms with Crippen molar-refractivity contribution in [3.05, 3.63) is 30.3 Å². The third kappa shape index (κ3) is 2.39. The fourth-order valence-electron chi connectivity index (χ4n) is 3.03. The number of anilines is 1. The van der Waals surface area contributed by atoms with Crippen LogP contribution in [0.25, 0.3) is 0 Å². The highest BCUT2D eigenvalue weighted by Gasteiger charge is 2.45. The summed E-state index contributed by atoms with van der Waals surface area (Å²) >= 11 is 2.01. The number of hydrogen-bond acceptors (Lipinski definition) is 3. The third-order valence-electron chi connectivity index (χ3n) is 4.24. The van der Waals surface area contributed by atoms with E-state index in [4.69, 9.17) is 5.73 Å². The Balaban J connectivity index is 2.24. The molecule has 1 aliphatic rings. The first-order valence-electron chi connectivity index (χ1n) is 6.84. The molecule has 1 aliphatic carbocycles. The second-order valence-corrected chi connectivity index (χ2v) is 6.22. The van der Waals surface area contributed by atoms with Crippen molar-refractivity contribution in [2.24, 2.45) is 5.73 Å². The molecule has 0 radical (unpaired) electrons. The van der Waals surface area contributed by atoms with Crippen molar-refractivity contribution in [3.63, 3.8) is 0 Å². The van der Waals surface area contributed by atoms with Gasteiger partial charge in [0.25, 0.3) is 0 Å². The fraction of sp³-hybridized carbons (Fsp3) is 0.600. The third-order valence-corrected chi connectivity index (χ3v) is 5.74. The van der Waals surface area contributed by atoms with Gasteiger partial charge in [0.05, 0.1) is 6.04 Å². The molecule has 1 fully saturated rings. The molecular weight excluding hydrogens is 240 g/mol. The number of hydrogen-bond donors (Lipinski definition) is 1. The fourth-order valence-corrected chi connectivity index (χ4v) is 4.22. The summed E-state index contributed by atoms with van der Waals surface area (Å²) in [4.78, 5) is 2.48. The van der Waals surface area contributed by atoms with Crippen molar-refractivity contribution < 1.29 is 0 Å². The molecule has 1 unspecified atom stereocenters. The summed E-state index contributed by atoms with van der Waals surface area (Å²) < 4.78 is 0.376. The summed E-state index contributed by atoms with van der Waals surface area (Å²) in [6.45, 7) is 3.99. The Morgan fingerprint density at radius 3 is 2.39 bits per heavy atom. The van der Waals surface area contributed by atoms with Crippen molar-refractivity contribution in [1.29, 1.82) is 0 Å². The molecule has 100 valence electrons. The Hall–Kier alpha value is -0.670. The number of rotatable bonds is 6. The SMILES string of the molecule is CCN(c1ccccc1)C(CN)C1(SC)CCC1. The zero-order valence-corrected chi connectivity index (χ0v) is 12.2. The average molecular weight is 264 g/mol. The average Bonchev–Trinajstić information content (AvgIpc) is 2.38. The highest BCUT2D eigenvalue weighted by molar-refractivity contribution is 8.00. The molecule has 3 heteroatoms. The van der Waals surface area contributed by atoms with E-state index < -0.39 is 0 Å². The van der Waals surface area contributed by atoms with Crippen LogP contribution in [0, 0.1) is 0 Å². The van der Waals surface area contributed by atoms with E-state index in [-0.39, 0.29) is 0 Å². The molecule has 1 saturated carbocycles. The number of benzene rings is 1. The standard InChI is InChI=1S/C15H24N2S/c1-3-17(13-8-5-4-6-9-13)14(12-16)15(18-2)10-7-11-15/h4-6,8-9,14H,3,7,10-12,16H2,1-2H3. The Bertz CT molecular complexity index is 357. The van der Waals surface area contributed by atoms with Gasteiger partial charge in [-0.25, -0.2) is 0 Å². The van der Waals surface area contributed by atoms with E-state index in [1.165, 1.54) is 24.9 Å². The molecular formula is C15H24N2S. The summed E-state index contributed by atoms with van der Waals surface area (Å²) in [7, 11) is 0. The van der Waals surface area contributed by atoms with Crippen molar-refractivity contribution in [2.75, 3.05) is 24.2 Å². The van der Waals surface area contributed by atoms with E-state index in [1.807, 2.05) is 11.8 Å². The van der Waals surface area contributed by atoms with Crippen molar-refractivity contribution in [2.45, 2.75) is 37.0 Å². The van der Waals surface area contributed by atoms with Crippen LogP contribution in [0.4, 0.5) is 5.69 Å². The normalized spacial score (nSPS) is 19.1. The highest BCUT2D eigenvalue weighted by Crippen LogP contribution is 2.47. The van der Waals surface area contributed by atoms with Gasteiger partial charge in [-0.15, -0.1) is 0 Å². The molecule has 1 atom stereocenters. The van der Waals surface area contributed by atoms with Crippen LogP contribution in [0.15, 0.2) is 30.3 Å². The summed E-state index contributed by atoms with van der Waals surface area (Å²) in [5.74, 6) is 0. The van der Waals surface area contributed by atoms with E-state index in [0.717, 1.165) is 13.1 Å². The first kappa shape index (κ1) is 13.8. The number of para-hydroxylation sites is 1. The van der Waals surface area contributed by atoms with E-state index in [9.17, 15) is 0 Å². The molecule has 0 aliphatic heterocycles. The van der Waals surface area contributed by atoms with Crippen molar-refractivity contribution in [1.82, 2.24) is 0 Å². The summed E-state index contributed by atoms with van der Waals surface area (Å²) in [6, 6.07) is 11.1. The molecule has 0 aromatic heterocycles. The Kier molecular flexibility index (Phi) is 4.57.